The van der Waals surface area contributed by atoms with Gasteiger partial charge in [0, 0.05) is 5.69 Å². The summed E-state index contributed by atoms with van der Waals surface area (Å²) in [5, 5.41) is 4.82. The van der Waals surface area contributed by atoms with Crippen LogP contribution in [0.4, 0.5) is 5.69 Å². The predicted molar refractivity (Wildman–Crippen MR) is 68.7 cm³/mol. The van der Waals surface area contributed by atoms with Crippen LogP contribution in [0.25, 0.3) is 10.8 Å². The van der Waals surface area contributed by atoms with E-state index in [9.17, 15) is 8.42 Å². The maximum atomic E-state index is 10.6. The summed E-state index contributed by atoms with van der Waals surface area (Å²) in [5.74, 6) is -0.482. The number of anilines is 1. The third-order valence-electron chi connectivity index (χ3n) is 2.56. The first-order valence-corrected chi connectivity index (χ1v) is 6.75. The largest absolute Gasteiger partial charge is 0.370 e. The molecule has 0 unspecified atom stereocenters. The fourth-order valence-corrected chi connectivity index (χ4v) is 2.08. The van der Waals surface area contributed by atoms with Crippen molar-refractivity contribution in [3.63, 3.8) is 0 Å². The first kappa shape index (κ1) is 11.9. The summed E-state index contributed by atoms with van der Waals surface area (Å²) in [6.45, 7) is 2.02. The van der Waals surface area contributed by atoms with Crippen molar-refractivity contribution in [2.75, 3.05) is 11.2 Å². The van der Waals surface area contributed by atoms with Crippen LogP contribution in [0, 0.1) is 6.92 Å². The fourth-order valence-electron chi connectivity index (χ4n) is 1.73. The SMILES string of the molecule is Cc1cccc2cc(NCS(=O)(=O)O)ccc12. The second kappa shape index (κ2) is 4.35. The highest BCUT2D eigenvalue weighted by Gasteiger charge is 2.04. The molecule has 17 heavy (non-hydrogen) atoms. The van der Waals surface area contributed by atoms with E-state index in [2.05, 4.69) is 5.32 Å². The van der Waals surface area contributed by atoms with Crippen LogP contribution < -0.4 is 5.32 Å². The Labute approximate surface area is 100 Å². The predicted octanol–water partition coefficient (Wildman–Crippen LogP) is 2.41. The summed E-state index contributed by atoms with van der Waals surface area (Å²) in [4.78, 5) is 0. The molecule has 2 aromatic rings. The van der Waals surface area contributed by atoms with Crippen molar-refractivity contribution in [3.05, 3.63) is 42.0 Å². The zero-order valence-corrected chi connectivity index (χ0v) is 10.2. The van der Waals surface area contributed by atoms with Gasteiger partial charge in [0.05, 0.1) is 0 Å². The Morgan fingerprint density at radius 1 is 1.24 bits per heavy atom. The average molecular weight is 251 g/mol. The van der Waals surface area contributed by atoms with E-state index in [1.807, 2.05) is 37.3 Å². The Bertz CT molecular complexity index is 650. The van der Waals surface area contributed by atoms with Crippen molar-refractivity contribution in [1.29, 1.82) is 0 Å². The van der Waals surface area contributed by atoms with Crippen molar-refractivity contribution in [2.45, 2.75) is 6.92 Å². The average Bonchev–Trinajstić information content (AvgIpc) is 2.26. The van der Waals surface area contributed by atoms with Crippen molar-refractivity contribution >= 4 is 26.6 Å². The molecule has 0 spiro atoms. The monoisotopic (exact) mass is 251 g/mol. The van der Waals surface area contributed by atoms with Gasteiger partial charge in [-0.25, -0.2) is 0 Å². The molecule has 0 saturated heterocycles. The molecule has 2 aromatic carbocycles. The molecule has 0 amide bonds. The van der Waals surface area contributed by atoms with E-state index in [0.717, 1.165) is 10.8 Å². The molecule has 0 radical (unpaired) electrons. The Morgan fingerprint density at radius 3 is 2.71 bits per heavy atom. The summed E-state index contributed by atoms with van der Waals surface area (Å²) >= 11 is 0. The number of hydrogen-bond acceptors (Lipinski definition) is 3. The Hall–Kier alpha value is -1.59. The molecule has 2 rings (SSSR count). The number of benzene rings is 2. The molecule has 4 nitrogen and oxygen atoms in total. The number of nitrogens with one attached hydrogen (secondary N) is 1. The van der Waals surface area contributed by atoms with Crippen LogP contribution in [-0.4, -0.2) is 18.8 Å². The highest BCUT2D eigenvalue weighted by molar-refractivity contribution is 7.85. The van der Waals surface area contributed by atoms with Crippen LogP contribution in [0.5, 0.6) is 0 Å². The minimum atomic E-state index is -3.99. The van der Waals surface area contributed by atoms with Crippen LogP contribution in [0.1, 0.15) is 5.56 Å². The minimum Gasteiger partial charge on any atom is -0.370 e. The lowest BCUT2D eigenvalue weighted by Crippen LogP contribution is -2.12. The second-order valence-corrected chi connectivity index (χ2v) is 5.37. The smallest absolute Gasteiger partial charge is 0.283 e. The third kappa shape index (κ3) is 2.95. The van der Waals surface area contributed by atoms with Gasteiger partial charge in [0.2, 0.25) is 0 Å². The van der Waals surface area contributed by atoms with Gasteiger partial charge in [0.1, 0.15) is 5.88 Å². The molecule has 0 aliphatic carbocycles. The minimum absolute atomic E-state index is 0.482. The van der Waals surface area contributed by atoms with Gasteiger partial charge in [-0.05, 0) is 35.4 Å². The zero-order valence-electron chi connectivity index (χ0n) is 9.34. The summed E-state index contributed by atoms with van der Waals surface area (Å²) in [6, 6.07) is 11.5. The normalized spacial score (nSPS) is 11.6. The lowest BCUT2D eigenvalue weighted by molar-refractivity contribution is 0.485. The van der Waals surface area contributed by atoms with Crippen molar-refractivity contribution in [3.8, 4) is 0 Å². The van der Waals surface area contributed by atoms with Crippen LogP contribution in [-0.2, 0) is 10.1 Å². The summed E-state index contributed by atoms with van der Waals surface area (Å²) in [7, 11) is -3.99. The van der Waals surface area contributed by atoms with Gasteiger partial charge < -0.3 is 5.32 Å². The summed E-state index contributed by atoms with van der Waals surface area (Å²) in [5.41, 5.74) is 1.84. The molecule has 0 atom stereocenters. The van der Waals surface area contributed by atoms with Gasteiger partial charge in [-0.3, -0.25) is 4.55 Å². The second-order valence-electron chi connectivity index (χ2n) is 3.91. The number of aryl methyl sites for hydroxylation is 1. The van der Waals surface area contributed by atoms with E-state index in [0.29, 0.717) is 5.69 Å². The molecule has 0 heterocycles. The molecule has 0 aliphatic rings. The molecular formula is C12H13NO3S. The standard InChI is InChI=1S/C12H13NO3S/c1-9-3-2-4-10-7-11(5-6-12(9)10)13-8-17(14,15)16/h2-7,13H,8H2,1H3,(H,14,15,16). The van der Waals surface area contributed by atoms with Gasteiger partial charge in [0.15, 0.2) is 0 Å². The Kier molecular flexibility index (Phi) is 3.04. The molecule has 0 saturated carbocycles. The maximum Gasteiger partial charge on any atom is 0.283 e. The molecular weight excluding hydrogens is 238 g/mol. The van der Waals surface area contributed by atoms with E-state index < -0.39 is 16.0 Å². The van der Waals surface area contributed by atoms with Crippen LogP contribution in [0.15, 0.2) is 36.4 Å². The highest BCUT2D eigenvalue weighted by atomic mass is 32.2. The highest BCUT2D eigenvalue weighted by Crippen LogP contribution is 2.22. The van der Waals surface area contributed by atoms with Crippen molar-refractivity contribution in [2.24, 2.45) is 0 Å². The first-order valence-electron chi connectivity index (χ1n) is 5.14. The molecule has 90 valence electrons. The maximum absolute atomic E-state index is 10.6. The lowest BCUT2D eigenvalue weighted by Gasteiger charge is -2.07. The van der Waals surface area contributed by atoms with Gasteiger partial charge in [-0.15, -0.1) is 0 Å². The number of hydrogen-bond donors (Lipinski definition) is 2. The summed E-state index contributed by atoms with van der Waals surface area (Å²) in [6.07, 6.45) is 0. The fraction of sp³-hybridized carbons (Fsp3) is 0.167. The molecule has 0 fully saturated rings. The molecule has 0 aromatic heterocycles. The summed E-state index contributed by atoms with van der Waals surface area (Å²) < 4.78 is 29.9. The van der Waals surface area contributed by atoms with Crippen LogP contribution in [0.3, 0.4) is 0 Å². The topological polar surface area (TPSA) is 66.4 Å². The molecule has 0 bridgehead atoms. The molecule has 0 aliphatic heterocycles. The quantitative estimate of drug-likeness (QED) is 0.822. The first-order chi connectivity index (χ1) is 7.96. The zero-order chi connectivity index (χ0) is 12.5. The van der Waals surface area contributed by atoms with Gasteiger partial charge in [0.25, 0.3) is 10.1 Å². The van der Waals surface area contributed by atoms with Gasteiger partial charge in [-0.2, -0.15) is 8.42 Å². The van der Waals surface area contributed by atoms with E-state index in [1.54, 1.807) is 6.07 Å². The van der Waals surface area contributed by atoms with Crippen molar-refractivity contribution < 1.29 is 13.0 Å². The lowest BCUT2D eigenvalue weighted by atomic mass is 10.1. The third-order valence-corrected chi connectivity index (χ3v) is 3.07. The van der Waals surface area contributed by atoms with Crippen molar-refractivity contribution in [1.82, 2.24) is 0 Å². The molecule has 2 N–H and O–H groups in total. The van der Waals surface area contributed by atoms with E-state index in [-0.39, 0.29) is 0 Å². The number of rotatable bonds is 3. The number of fused-ring (bicyclic) bond motifs is 1. The van der Waals surface area contributed by atoms with Crippen LogP contribution in [0.2, 0.25) is 0 Å². The van der Waals surface area contributed by atoms with Gasteiger partial charge >= 0.3 is 0 Å². The van der Waals surface area contributed by atoms with Crippen LogP contribution >= 0.6 is 0 Å². The Balaban J connectivity index is 2.32. The van der Waals surface area contributed by atoms with E-state index in [4.69, 9.17) is 4.55 Å². The molecule has 5 heteroatoms. The van der Waals surface area contributed by atoms with E-state index >= 15 is 0 Å². The van der Waals surface area contributed by atoms with Gasteiger partial charge in [-0.1, -0.05) is 24.3 Å². The Morgan fingerprint density at radius 2 is 2.00 bits per heavy atom. The van der Waals surface area contributed by atoms with E-state index in [1.165, 1.54) is 5.56 Å².